The lowest BCUT2D eigenvalue weighted by atomic mass is 10.2. The largest absolute Gasteiger partial charge is 0.385 e. The van der Waals surface area contributed by atoms with Gasteiger partial charge >= 0.3 is 0 Å². The maximum atomic E-state index is 13.2. The highest BCUT2D eigenvalue weighted by Crippen LogP contribution is 2.36. The van der Waals surface area contributed by atoms with Crippen LogP contribution in [0.4, 0.5) is 21.8 Å². The molecule has 130 valence electrons. The summed E-state index contributed by atoms with van der Waals surface area (Å²) in [5.41, 5.74) is 8.56. The fourth-order valence-electron chi connectivity index (χ4n) is 2.35. The van der Waals surface area contributed by atoms with Crippen molar-refractivity contribution < 1.29 is 4.39 Å². The number of rotatable bonds is 6. The third-order valence-corrected chi connectivity index (χ3v) is 4.46. The first kappa shape index (κ1) is 17.4. The van der Waals surface area contributed by atoms with Gasteiger partial charge in [-0.1, -0.05) is 6.58 Å². The number of aryl methyl sites for hydroxylation is 1. The number of anilines is 3. The molecule has 0 radical (unpaired) electrons. The Hall–Kier alpha value is -2.41. The van der Waals surface area contributed by atoms with Crippen molar-refractivity contribution in [3.63, 3.8) is 0 Å². The van der Waals surface area contributed by atoms with E-state index in [1.807, 2.05) is 13.0 Å². The predicted molar refractivity (Wildman–Crippen MR) is 102 cm³/mol. The molecule has 0 atom stereocenters. The molecule has 7 heteroatoms. The third-order valence-electron chi connectivity index (χ3n) is 3.88. The zero-order valence-electron chi connectivity index (χ0n) is 13.8. The Morgan fingerprint density at radius 1 is 1.44 bits per heavy atom. The molecule has 0 amide bonds. The van der Waals surface area contributed by atoms with E-state index in [2.05, 4.69) is 43.1 Å². The number of nitrogens with one attached hydrogen (secondary N) is 2. The molecule has 1 saturated carbocycles. The van der Waals surface area contributed by atoms with Crippen molar-refractivity contribution in [3.05, 3.63) is 64.3 Å². The lowest BCUT2D eigenvalue weighted by molar-refractivity contribution is 0.627. The third kappa shape index (κ3) is 4.57. The van der Waals surface area contributed by atoms with E-state index in [-0.39, 0.29) is 5.82 Å². The number of benzene rings is 1. The lowest BCUT2D eigenvalue weighted by Gasteiger charge is -2.12. The average Bonchev–Trinajstić information content (AvgIpc) is 3.38. The van der Waals surface area contributed by atoms with Gasteiger partial charge in [0.1, 0.15) is 11.6 Å². The summed E-state index contributed by atoms with van der Waals surface area (Å²) in [5.74, 6) is 1.66. The van der Waals surface area contributed by atoms with Crippen LogP contribution in [0.2, 0.25) is 0 Å². The zero-order chi connectivity index (χ0) is 18.0. The van der Waals surface area contributed by atoms with Crippen LogP contribution in [0, 0.1) is 18.7 Å². The highest BCUT2D eigenvalue weighted by Gasteiger charge is 2.23. The summed E-state index contributed by atoms with van der Waals surface area (Å²) < 4.78 is 13.9. The minimum absolute atomic E-state index is 0.282. The van der Waals surface area contributed by atoms with Crippen molar-refractivity contribution in [2.45, 2.75) is 19.8 Å². The van der Waals surface area contributed by atoms with E-state index >= 15 is 0 Å². The zero-order valence-corrected chi connectivity index (χ0v) is 15.4. The van der Waals surface area contributed by atoms with Crippen molar-refractivity contribution >= 4 is 33.4 Å². The summed E-state index contributed by atoms with van der Waals surface area (Å²) in [4.78, 5) is 8.64. The van der Waals surface area contributed by atoms with Crippen molar-refractivity contribution in [1.29, 1.82) is 0 Å². The fraction of sp³-hybridized carbons (Fsp3) is 0.222. The molecule has 5 nitrogen and oxygen atoms in total. The van der Waals surface area contributed by atoms with Crippen LogP contribution in [0.1, 0.15) is 18.4 Å². The van der Waals surface area contributed by atoms with Gasteiger partial charge in [0, 0.05) is 11.9 Å². The molecule has 0 unspecified atom stereocenters. The number of hydrogen-bond acceptors (Lipinski definition) is 5. The summed E-state index contributed by atoms with van der Waals surface area (Å²) in [6.07, 6.45) is 5.80. The number of allylic oxidation sites excluding steroid dienone is 2. The second kappa shape index (κ2) is 7.23. The van der Waals surface area contributed by atoms with Crippen molar-refractivity contribution in [2.75, 3.05) is 10.6 Å². The minimum atomic E-state index is -0.282. The van der Waals surface area contributed by atoms with E-state index in [1.54, 1.807) is 12.3 Å². The van der Waals surface area contributed by atoms with E-state index in [4.69, 9.17) is 5.73 Å². The molecule has 3 rings (SSSR count). The number of halogens is 2. The molecule has 1 aromatic heterocycles. The maximum absolute atomic E-state index is 13.2. The van der Waals surface area contributed by atoms with Gasteiger partial charge in [-0.15, -0.1) is 0 Å². The van der Waals surface area contributed by atoms with Crippen LogP contribution in [0.5, 0.6) is 0 Å². The van der Waals surface area contributed by atoms with Crippen molar-refractivity contribution in [2.24, 2.45) is 11.7 Å². The first-order valence-corrected chi connectivity index (χ1v) is 8.70. The second-order valence-corrected chi connectivity index (χ2v) is 6.90. The van der Waals surface area contributed by atoms with E-state index < -0.39 is 0 Å². The molecule has 0 saturated heterocycles. The fourth-order valence-corrected chi connectivity index (χ4v) is 2.64. The van der Waals surface area contributed by atoms with Crippen LogP contribution < -0.4 is 16.4 Å². The van der Waals surface area contributed by atoms with E-state index in [0.717, 1.165) is 16.8 Å². The summed E-state index contributed by atoms with van der Waals surface area (Å²) in [6.45, 7) is 5.84. The van der Waals surface area contributed by atoms with Crippen LogP contribution in [0.3, 0.4) is 0 Å². The molecule has 2 aromatic rings. The summed E-state index contributed by atoms with van der Waals surface area (Å²) in [5, 5.41) is 6.14. The van der Waals surface area contributed by atoms with Gasteiger partial charge in [-0.3, -0.25) is 0 Å². The average molecular weight is 404 g/mol. The molecule has 0 bridgehead atoms. The maximum Gasteiger partial charge on any atom is 0.229 e. The SMILES string of the molecule is C=C(/C=C(\N)Nc1nc(Nc2ccc(F)cc2C)ncc1Br)C1CC1. The van der Waals surface area contributed by atoms with Crippen molar-refractivity contribution in [3.8, 4) is 0 Å². The Kier molecular flexibility index (Phi) is 5.03. The molecule has 1 aromatic carbocycles. The van der Waals surface area contributed by atoms with Gasteiger partial charge in [0.2, 0.25) is 5.95 Å². The standard InChI is InChI=1S/C18H19BrFN5/c1-10(12-3-4-12)8-16(21)24-17-14(19)9-22-18(25-17)23-15-6-5-13(20)7-11(15)2/h5-9,12H,1,3-4,21H2,2H3,(H2,22,23,24,25)/b16-8+. The summed E-state index contributed by atoms with van der Waals surface area (Å²) >= 11 is 3.41. The molecule has 1 fully saturated rings. The Labute approximate surface area is 154 Å². The number of nitrogens with two attached hydrogens (primary N) is 1. The van der Waals surface area contributed by atoms with Crippen LogP contribution in [-0.4, -0.2) is 9.97 Å². The number of hydrogen-bond donors (Lipinski definition) is 3. The highest BCUT2D eigenvalue weighted by atomic mass is 79.9. The molecule has 1 heterocycles. The minimum Gasteiger partial charge on any atom is -0.385 e. The van der Waals surface area contributed by atoms with Crippen LogP contribution in [-0.2, 0) is 0 Å². The summed E-state index contributed by atoms with van der Waals surface area (Å²) in [7, 11) is 0. The molecular formula is C18H19BrFN5. The number of nitrogens with zero attached hydrogens (tertiary/aromatic N) is 2. The van der Waals surface area contributed by atoms with Gasteiger partial charge in [-0.25, -0.2) is 9.37 Å². The van der Waals surface area contributed by atoms with Crippen LogP contribution >= 0.6 is 15.9 Å². The molecule has 4 N–H and O–H groups in total. The topological polar surface area (TPSA) is 75.9 Å². The van der Waals surface area contributed by atoms with E-state index in [1.165, 1.54) is 25.0 Å². The second-order valence-electron chi connectivity index (χ2n) is 6.05. The van der Waals surface area contributed by atoms with Crippen LogP contribution in [0.15, 0.2) is 52.9 Å². The molecule has 0 aliphatic heterocycles. The Morgan fingerprint density at radius 3 is 2.88 bits per heavy atom. The normalized spacial score (nSPS) is 14.3. The van der Waals surface area contributed by atoms with Crippen molar-refractivity contribution in [1.82, 2.24) is 9.97 Å². The first-order valence-electron chi connectivity index (χ1n) is 7.91. The summed E-state index contributed by atoms with van der Waals surface area (Å²) in [6, 6.07) is 4.49. The lowest BCUT2D eigenvalue weighted by Crippen LogP contribution is -2.12. The first-order chi connectivity index (χ1) is 11.9. The Morgan fingerprint density at radius 2 is 2.20 bits per heavy atom. The molecule has 1 aliphatic carbocycles. The van der Waals surface area contributed by atoms with Gasteiger partial charge < -0.3 is 16.4 Å². The smallest absolute Gasteiger partial charge is 0.229 e. The highest BCUT2D eigenvalue weighted by molar-refractivity contribution is 9.10. The number of aromatic nitrogens is 2. The van der Waals surface area contributed by atoms with Gasteiger partial charge in [-0.2, -0.15) is 4.98 Å². The van der Waals surface area contributed by atoms with Gasteiger partial charge in [0.15, 0.2) is 5.82 Å². The van der Waals surface area contributed by atoms with Gasteiger partial charge in [0.25, 0.3) is 0 Å². The predicted octanol–water partition coefficient (Wildman–Crippen LogP) is 4.61. The monoisotopic (exact) mass is 403 g/mol. The molecule has 1 aliphatic rings. The Balaban J connectivity index is 1.76. The van der Waals surface area contributed by atoms with Gasteiger partial charge in [-0.05, 0) is 77.0 Å². The Bertz CT molecular complexity index is 845. The molecule has 0 spiro atoms. The van der Waals surface area contributed by atoms with E-state index in [9.17, 15) is 4.39 Å². The van der Waals surface area contributed by atoms with E-state index in [0.29, 0.717) is 28.0 Å². The molecule has 25 heavy (non-hydrogen) atoms. The quantitative estimate of drug-likeness (QED) is 0.614. The molecular weight excluding hydrogens is 385 g/mol. The van der Waals surface area contributed by atoms with Crippen LogP contribution in [0.25, 0.3) is 0 Å². The van der Waals surface area contributed by atoms with Gasteiger partial charge in [0.05, 0.1) is 4.47 Å².